The van der Waals surface area contributed by atoms with E-state index in [1.54, 1.807) is 0 Å². The number of aromatic nitrogens is 1. The van der Waals surface area contributed by atoms with E-state index in [1.807, 2.05) is 19.9 Å². The summed E-state index contributed by atoms with van der Waals surface area (Å²) in [6.07, 6.45) is 1.64. The van der Waals surface area contributed by atoms with Crippen LogP contribution >= 0.6 is 0 Å². The number of aromatic amines is 1. The van der Waals surface area contributed by atoms with E-state index in [2.05, 4.69) is 11.1 Å². The summed E-state index contributed by atoms with van der Waals surface area (Å²) in [7, 11) is 1.36. The molecule has 0 bridgehead atoms. The van der Waals surface area contributed by atoms with Crippen molar-refractivity contribution in [2.45, 2.75) is 38.0 Å². The van der Waals surface area contributed by atoms with Gasteiger partial charge in [0.1, 0.15) is 5.69 Å². The van der Waals surface area contributed by atoms with Crippen molar-refractivity contribution in [1.82, 2.24) is 4.98 Å². The van der Waals surface area contributed by atoms with Crippen LogP contribution in [0.5, 0.6) is 0 Å². The summed E-state index contributed by atoms with van der Waals surface area (Å²) in [5.74, 6) is -0.102. The van der Waals surface area contributed by atoms with Gasteiger partial charge in [-0.2, -0.15) is 5.26 Å². The van der Waals surface area contributed by atoms with Crippen LogP contribution in [0.2, 0.25) is 0 Å². The minimum Gasteiger partial charge on any atom is -0.464 e. The first-order chi connectivity index (χ1) is 8.04. The van der Waals surface area contributed by atoms with E-state index in [-0.39, 0.29) is 0 Å². The Morgan fingerprint density at radius 1 is 1.59 bits per heavy atom. The number of nitrogens with one attached hydrogen (secondary N) is 1. The zero-order chi connectivity index (χ0) is 12.6. The van der Waals surface area contributed by atoms with Crippen LogP contribution in [-0.4, -0.2) is 18.1 Å². The summed E-state index contributed by atoms with van der Waals surface area (Å²) >= 11 is 0. The fraction of sp³-hybridized carbons (Fsp3) is 0.538. The summed E-state index contributed by atoms with van der Waals surface area (Å²) in [5, 5.41) is 9.22. The Morgan fingerprint density at radius 2 is 2.24 bits per heavy atom. The molecule has 90 valence electrons. The van der Waals surface area contributed by atoms with Crippen molar-refractivity contribution < 1.29 is 9.53 Å². The Labute approximate surface area is 101 Å². The molecule has 1 aromatic rings. The lowest BCUT2D eigenvalue weighted by atomic mass is 9.97. The Balaban J connectivity index is 2.50. The number of carbonyl (C=O) groups is 1. The standard InChI is InChI=1S/C13H16N2O2/c1-8(2)10-6-9(13(7-14)4-5-13)11(15-10)12(16)17-3/h6,8,15H,4-5H2,1-3H3. The third-order valence-corrected chi connectivity index (χ3v) is 3.33. The Bertz CT molecular complexity index is 490. The van der Waals surface area contributed by atoms with Crippen LogP contribution in [0, 0.1) is 11.3 Å². The van der Waals surface area contributed by atoms with Crippen molar-refractivity contribution in [3.63, 3.8) is 0 Å². The lowest BCUT2D eigenvalue weighted by molar-refractivity contribution is 0.0593. The highest BCUT2D eigenvalue weighted by molar-refractivity contribution is 5.90. The van der Waals surface area contributed by atoms with E-state index in [0.29, 0.717) is 11.6 Å². The molecule has 1 aliphatic rings. The van der Waals surface area contributed by atoms with E-state index >= 15 is 0 Å². The van der Waals surface area contributed by atoms with Crippen LogP contribution < -0.4 is 0 Å². The molecular weight excluding hydrogens is 216 g/mol. The first kappa shape index (κ1) is 11.7. The fourth-order valence-electron chi connectivity index (χ4n) is 1.99. The second-order valence-corrected chi connectivity index (χ2v) is 4.85. The molecule has 2 rings (SSSR count). The zero-order valence-electron chi connectivity index (χ0n) is 10.3. The summed E-state index contributed by atoms with van der Waals surface area (Å²) in [5.41, 5.74) is 1.75. The SMILES string of the molecule is COC(=O)c1[nH]c(C(C)C)cc1C1(C#N)CC1. The molecule has 0 saturated heterocycles. The average molecular weight is 232 g/mol. The third-order valence-electron chi connectivity index (χ3n) is 3.33. The van der Waals surface area contributed by atoms with Gasteiger partial charge in [-0.15, -0.1) is 0 Å². The number of hydrogen-bond donors (Lipinski definition) is 1. The fourth-order valence-corrected chi connectivity index (χ4v) is 1.99. The third kappa shape index (κ3) is 1.82. The largest absolute Gasteiger partial charge is 0.464 e. The van der Waals surface area contributed by atoms with Gasteiger partial charge < -0.3 is 9.72 Å². The minimum atomic E-state index is -0.465. The molecule has 0 aliphatic heterocycles. The second-order valence-electron chi connectivity index (χ2n) is 4.85. The molecule has 0 spiro atoms. The number of rotatable bonds is 3. The number of nitrogens with zero attached hydrogens (tertiary/aromatic N) is 1. The summed E-state index contributed by atoms with van der Waals surface area (Å²) < 4.78 is 4.76. The number of ether oxygens (including phenoxy) is 1. The van der Waals surface area contributed by atoms with E-state index < -0.39 is 11.4 Å². The van der Waals surface area contributed by atoms with Gasteiger partial charge in [0, 0.05) is 11.3 Å². The maximum absolute atomic E-state index is 11.7. The molecule has 1 aromatic heterocycles. The average Bonchev–Trinajstić information content (AvgIpc) is 2.99. The molecule has 1 saturated carbocycles. The number of carbonyl (C=O) groups excluding carboxylic acids is 1. The Morgan fingerprint density at radius 3 is 2.65 bits per heavy atom. The predicted molar refractivity (Wildman–Crippen MR) is 62.7 cm³/mol. The van der Waals surface area contributed by atoms with Crippen molar-refractivity contribution in [2.24, 2.45) is 0 Å². The molecule has 4 nitrogen and oxygen atoms in total. The summed E-state index contributed by atoms with van der Waals surface area (Å²) in [6, 6.07) is 4.25. The molecule has 0 unspecified atom stereocenters. The molecule has 1 fully saturated rings. The molecule has 1 N–H and O–H groups in total. The number of esters is 1. The van der Waals surface area contributed by atoms with Gasteiger partial charge in [0.25, 0.3) is 0 Å². The van der Waals surface area contributed by atoms with E-state index in [9.17, 15) is 10.1 Å². The van der Waals surface area contributed by atoms with Crippen molar-refractivity contribution >= 4 is 5.97 Å². The maximum Gasteiger partial charge on any atom is 0.354 e. The van der Waals surface area contributed by atoms with Gasteiger partial charge in [0.2, 0.25) is 0 Å². The molecule has 0 amide bonds. The molecule has 0 aromatic carbocycles. The predicted octanol–water partition coefficient (Wildman–Crippen LogP) is 2.48. The lowest BCUT2D eigenvalue weighted by Gasteiger charge is -2.05. The second kappa shape index (κ2) is 3.92. The number of hydrogen-bond acceptors (Lipinski definition) is 3. The van der Waals surface area contributed by atoms with Crippen molar-refractivity contribution in [1.29, 1.82) is 5.26 Å². The van der Waals surface area contributed by atoms with Gasteiger partial charge >= 0.3 is 5.97 Å². The van der Waals surface area contributed by atoms with E-state index in [1.165, 1.54) is 7.11 Å². The highest BCUT2D eigenvalue weighted by atomic mass is 16.5. The number of nitriles is 1. The quantitative estimate of drug-likeness (QED) is 0.814. The lowest BCUT2D eigenvalue weighted by Crippen LogP contribution is -2.11. The molecule has 0 atom stereocenters. The van der Waals surface area contributed by atoms with Crippen LogP contribution in [0.25, 0.3) is 0 Å². The molecule has 1 aliphatic carbocycles. The Hall–Kier alpha value is -1.76. The first-order valence-corrected chi connectivity index (χ1v) is 5.77. The highest BCUT2D eigenvalue weighted by Gasteiger charge is 2.48. The van der Waals surface area contributed by atoms with Crippen LogP contribution in [0.1, 0.15) is 54.4 Å². The summed E-state index contributed by atoms with van der Waals surface area (Å²) in [6.45, 7) is 4.09. The highest BCUT2D eigenvalue weighted by Crippen LogP contribution is 2.49. The van der Waals surface area contributed by atoms with E-state index in [0.717, 1.165) is 24.1 Å². The van der Waals surface area contributed by atoms with Crippen LogP contribution in [0.15, 0.2) is 6.07 Å². The Kier molecular flexibility index (Phi) is 2.70. The first-order valence-electron chi connectivity index (χ1n) is 5.77. The summed E-state index contributed by atoms with van der Waals surface area (Å²) in [4.78, 5) is 14.8. The van der Waals surface area contributed by atoms with Crippen molar-refractivity contribution in [3.05, 3.63) is 23.0 Å². The normalized spacial score (nSPS) is 16.6. The van der Waals surface area contributed by atoms with Gasteiger partial charge in [-0.3, -0.25) is 0 Å². The van der Waals surface area contributed by atoms with Gasteiger partial charge in [0.15, 0.2) is 0 Å². The van der Waals surface area contributed by atoms with Crippen LogP contribution in [-0.2, 0) is 10.2 Å². The molecule has 17 heavy (non-hydrogen) atoms. The number of methoxy groups -OCH3 is 1. The van der Waals surface area contributed by atoms with Gasteiger partial charge in [-0.1, -0.05) is 13.8 Å². The van der Waals surface area contributed by atoms with Gasteiger partial charge in [-0.05, 0) is 24.8 Å². The van der Waals surface area contributed by atoms with Gasteiger partial charge in [0.05, 0.1) is 18.6 Å². The number of H-pyrrole nitrogens is 1. The van der Waals surface area contributed by atoms with Crippen molar-refractivity contribution in [2.75, 3.05) is 7.11 Å². The van der Waals surface area contributed by atoms with Gasteiger partial charge in [-0.25, -0.2) is 4.79 Å². The van der Waals surface area contributed by atoms with Crippen molar-refractivity contribution in [3.8, 4) is 6.07 Å². The topological polar surface area (TPSA) is 65.9 Å². The minimum absolute atomic E-state index is 0.293. The monoisotopic (exact) mass is 232 g/mol. The van der Waals surface area contributed by atoms with Crippen LogP contribution in [0.4, 0.5) is 0 Å². The molecular formula is C13H16N2O2. The molecule has 1 heterocycles. The van der Waals surface area contributed by atoms with Crippen LogP contribution in [0.3, 0.4) is 0 Å². The molecule has 0 radical (unpaired) electrons. The maximum atomic E-state index is 11.7. The van der Waals surface area contributed by atoms with E-state index in [4.69, 9.17) is 4.74 Å². The molecule has 4 heteroatoms. The zero-order valence-corrected chi connectivity index (χ0v) is 10.3. The smallest absolute Gasteiger partial charge is 0.354 e.